The van der Waals surface area contributed by atoms with Crippen LogP contribution >= 0.6 is 0 Å². The molecule has 0 aromatic heterocycles. The van der Waals surface area contributed by atoms with Crippen molar-refractivity contribution in [2.24, 2.45) is 11.8 Å². The quantitative estimate of drug-likeness (QED) is 0.566. The molecule has 0 heterocycles. The Bertz CT molecular complexity index is 485. The van der Waals surface area contributed by atoms with Crippen LogP contribution in [0.3, 0.4) is 0 Å². The van der Waals surface area contributed by atoms with Gasteiger partial charge in [-0.1, -0.05) is 13.8 Å². The molecule has 0 bridgehead atoms. The van der Waals surface area contributed by atoms with E-state index in [9.17, 15) is 18.0 Å². The van der Waals surface area contributed by atoms with Gasteiger partial charge in [0, 0.05) is 6.04 Å². The van der Waals surface area contributed by atoms with Gasteiger partial charge < -0.3 is 10.4 Å². The van der Waals surface area contributed by atoms with E-state index in [0.717, 1.165) is 19.1 Å². The summed E-state index contributed by atoms with van der Waals surface area (Å²) in [5.74, 6) is -1.10. The fourth-order valence-electron chi connectivity index (χ4n) is 2.24. The number of amides is 1. The lowest BCUT2D eigenvalue weighted by atomic mass is 10.0. The SMILES string of the molecule is CC(C)CC(NS(C)(=O)=O)C(=O)NC(CC(=O)O)C1CC1. The van der Waals surface area contributed by atoms with E-state index in [1.807, 2.05) is 13.8 Å². The molecule has 0 aromatic carbocycles. The summed E-state index contributed by atoms with van der Waals surface area (Å²) in [6, 6.07) is -1.29. The third-order valence-electron chi connectivity index (χ3n) is 3.29. The molecule has 21 heavy (non-hydrogen) atoms. The zero-order valence-corrected chi connectivity index (χ0v) is 13.4. The van der Waals surface area contributed by atoms with E-state index in [1.54, 1.807) is 0 Å². The summed E-state index contributed by atoms with van der Waals surface area (Å²) in [5, 5.41) is 11.6. The van der Waals surface area contributed by atoms with E-state index in [0.29, 0.717) is 6.42 Å². The molecule has 1 saturated carbocycles. The Kier molecular flexibility index (Phi) is 6.15. The Labute approximate surface area is 125 Å². The highest BCUT2D eigenvalue weighted by Crippen LogP contribution is 2.34. The van der Waals surface area contributed by atoms with Crippen molar-refractivity contribution in [3.05, 3.63) is 0 Å². The average molecular weight is 320 g/mol. The molecular weight excluding hydrogens is 296 g/mol. The van der Waals surface area contributed by atoms with Crippen molar-refractivity contribution < 1.29 is 23.1 Å². The van der Waals surface area contributed by atoms with Crippen molar-refractivity contribution in [3.8, 4) is 0 Å². The number of aliphatic carboxylic acids is 1. The van der Waals surface area contributed by atoms with Crippen molar-refractivity contribution in [2.75, 3.05) is 6.26 Å². The lowest BCUT2D eigenvalue weighted by Gasteiger charge is -2.23. The van der Waals surface area contributed by atoms with Crippen LogP contribution in [-0.2, 0) is 19.6 Å². The Morgan fingerprint density at radius 3 is 2.24 bits per heavy atom. The zero-order valence-electron chi connectivity index (χ0n) is 12.6. The lowest BCUT2D eigenvalue weighted by molar-refractivity contribution is -0.138. The van der Waals surface area contributed by atoms with Gasteiger partial charge in [0.1, 0.15) is 6.04 Å². The number of carboxylic acids is 1. The smallest absolute Gasteiger partial charge is 0.305 e. The molecule has 0 radical (unpaired) electrons. The molecule has 1 amide bonds. The lowest BCUT2D eigenvalue weighted by Crippen LogP contribution is -2.50. The summed E-state index contributed by atoms with van der Waals surface area (Å²) in [6.45, 7) is 3.78. The molecule has 0 spiro atoms. The topological polar surface area (TPSA) is 113 Å². The molecule has 3 N–H and O–H groups in total. The second-order valence-corrected chi connectivity index (χ2v) is 7.90. The van der Waals surface area contributed by atoms with Gasteiger partial charge in [-0.3, -0.25) is 9.59 Å². The first-order valence-corrected chi connectivity index (χ1v) is 8.97. The number of carboxylic acid groups (broad SMARTS) is 1. The van der Waals surface area contributed by atoms with Gasteiger partial charge in [0.2, 0.25) is 15.9 Å². The van der Waals surface area contributed by atoms with Gasteiger partial charge in [0.05, 0.1) is 12.7 Å². The number of hydrogen-bond donors (Lipinski definition) is 3. The minimum atomic E-state index is -3.50. The summed E-state index contributed by atoms with van der Waals surface area (Å²) >= 11 is 0. The third kappa shape index (κ3) is 7.42. The van der Waals surface area contributed by atoms with E-state index < -0.39 is 34.0 Å². The maximum atomic E-state index is 12.2. The van der Waals surface area contributed by atoms with Crippen LogP contribution in [0.25, 0.3) is 0 Å². The Balaban J connectivity index is 2.71. The number of carbonyl (C=O) groups excluding carboxylic acids is 1. The molecular formula is C13H24N2O5S. The van der Waals surface area contributed by atoms with Crippen molar-refractivity contribution in [3.63, 3.8) is 0 Å². The first kappa shape index (κ1) is 17.9. The number of sulfonamides is 1. The molecule has 0 aromatic rings. The second kappa shape index (κ2) is 7.22. The zero-order chi connectivity index (χ0) is 16.2. The summed E-state index contributed by atoms with van der Waals surface area (Å²) < 4.78 is 25.0. The van der Waals surface area contributed by atoms with Gasteiger partial charge in [-0.2, -0.15) is 0 Å². The standard InChI is InChI=1S/C13H24N2O5S/c1-8(2)6-11(15-21(3,19)20)13(18)14-10(7-12(16)17)9-4-5-9/h8-11,15H,4-7H2,1-3H3,(H,14,18)(H,16,17). The predicted molar refractivity (Wildman–Crippen MR) is 78.1 cm³/mol. The first-order valence-electron chi connectivity index (χ1n) is 7.08. The largest absolute Gasteiger partial charge is 0.481 e. The maximum Gasteiger partial charge on any atom is 0.305 e. The summed E-state index contributed by atoms with van der Waals surface area (Å²) in [6.07, 6.45) is 3.02. The van der Waals surface area contributed by atoms with Gasteiger partial charge in [-0.15, -0.1) is 0 Å². The maximum absolute atomic E-state index is 12.2. The van der Waals surface area contributed by atoms with Gasteiger partial charge in [0.25, 0.3) is 0 Å². The number of nitrogens with one attached hydrogen (secondary N) is 2. The Morgan fingerprint density at radius 2 is 1.86 bits per heavy atom. The minimum absolute atomic E-state index is 0.133. The van der Waals surface area contributed by atoms with Gasteiger partial charge >= 0.3 is 5.97 Å². The predicted octanol–water partition coefficient (Wildman–Crippen LogP) is 0.320. The van der Waals surface area contributed by atoms with Crippen molar-refractivity contribution in [1.82, 2.24) is 10.0 Å². The molecule has 122 valence electrons. The Morgan fingerprint density at radius 1 is 1.29 bits per heavy atom. The first-order chi connectivity index (χ1) is 9.58. The van der Waals surface area contributed by atoms with Crippen LogP contribution in [0.2, 0.25) is 0 Å². The van der Waals surface area contributed by atoms with Crippen molar-refractivity contribution in [2.45, 2.75) is 51.6 Å². The Hall–Kier alpha value is -1.15. The van der Waals surface area contributed by atoms with Gasteiger partial charge in [-0.25, -0.2) is 13.1 Å². The molecule has 0 saturated heterocycles. The highest BCUT2D eigenvalue weighted by Gasteiger charge is 2.35. The van der Waals surface area contributed by atoms with Crippen LogP contribution in [0.4, 0.5) is 0 Å². The number of carbonyl (C=O) groups is 2. The molecule has 7 nitrogen and oxygen atoms in total. The fraction of sp³-hybridized carbons (Fsp3) is 0.846. The molecule has 1 fully saturated rings. The minimum Gasteiger partial charge on any atom is -0.481 e. The van der Waals surface area contributed by atoms with Crippen LogP contribution in [0, 0.1) is 11.8 Å². The second-order valence-electron chi connectivity index (χ2n) is 6.12. The van der Waals surface area contributed by atoms with Crippen LogP contribution in [0.15, 0.2) is 0 Å². The summed E-state index contributed by atoms with van der Waals surface area (Å²) in [7, 11) is -3.50. The molecule has 1 rings (SSSR count). The molecule has 2 atom stereocenters. The van der Waals surface area contributed by atoms with Crippen molar-refractivity contribution >= 4 is 21.9 Å². The van der Waals surface area contributed by atoms with Gasteiger partial charge in [-0.05, 0) is 31.1 Å². The van der Waals surface area contributed by atoms with Crippen LogP contribution in [0.5, 0.6) is 0 Å². The molecule has 1 aliphatic carbocycles. The van der Waals surface area contributed by atoms with Gasteiger partial charge in [0.15, 0.2) is 0 Å². The normalized spacial score (nSPS) is 18.3. The highest BCUT2D eigenvalue weighted by atomic mass is 32.2. The number of rotatable bonds is 9. The van der Waals surface area contributed by atoms with Crippen LogP contribution in [-0.4, -0.2) is 43.7 Å². The molecule has 1 aliphatic rings. The van der Waals surface area contributed by atoms with E-state index in [2.05, 4.69) is 10.0 Å². The van der Waals surface area contributed by atoms with E-state index in [4.69, 9.17) is 5.11 Å². The van der Waals surface area contributed by atoms with Crippen LogP contribution in [0.1, 0.15) is 39.5 Å². The molecule has 2 unspecified atom stereocenters. The third-order valence-corrected chi connectivity index (χ3v) is 4.01. The highest BCUT2D eigenvalue weighted by molar-refractivity contribution is 7.88. The molecule has 8 heteroatoms. The summed E-state index contributed by atoms with van der Waals surface area (Å²) in [4.78, 5) is 23.1. The monoisotopic (exact) mass is 320 g/mol. The number of hydrogen-bond acceptors (Lipinski definition) is 4. The van der Waals surface area contributed by atoms with Crippen LogP contribution < -0.4 is 10.0 Å². The fourth-order valence-corrected chi connectivity index (χ4v) is 2.96. The average Bonchev–Trinajstić information content (AvgIpc) is 3.07. The van der Waals surface area contributed by atoms with E-state index in [-0.39, 0.29) is 18.3 Å². The summed E-state index contributed by atoms with van der Waals surface area (Å²) in [5.41, 5.74) is 0. The molecule has 0 aliphatic heterocycles. The van der Waals surface area contributed by atoms with E-state index >= 15 is 0 Å². The van der Waals surface area contributed by atoms with Crippen molar-refractivity contribution in [1.29, 1.82) is 0 Å². The van der Waals surface area contributed by atoms with E-state index in [1.165, 1.54) is 0 Å².